The van der Waals surface area contributed by atoms with Gasteiger partial charge in [-0.15, -0.1) is 0 Å². The highest BCUT2D eigenvalue weighted by Crippen LogP contribution is 2.45. The average molecular weight is 363 g/mol. The summed E-state index contributed by atoms with van der Waals surface area (Å²) in [6.45, 7) is 12.2. The fourth-order valence-corrected chi connectivity index (χ4v) is 4.24. The van der Waals surface area contributed by atoms with Gasteiger partial charge < -0.3 is 5.32 Å². The van der Waals surface area contributed by atoms with Crippen LogP contribution in [0.25, 0.3) is 0 Å². The first-order chi connectivity index (χ1) is 12.2. The van der Waals surface area contributed by atoms with Crippen LogP contribution in [0.5, 0.6) is 0 Å². The van der Waals surface area contributed by atoms with Crippen LogP contribution >= 0.6 is 0 Å². The predicted octanol–water partition coefficient (Wildman–Crippen LogP) is 3.34. The Labute approximate surface area is 157 Å². The molecule has 1 N–H and O–H groups in total. The zero-order valence-corrected chi connectivity index (χ0v) is 17.0. The monoisotopic (exact) mass is 362 g/mol. The van der Waals surface area contributed by atoms with E-state index in [1.54, 1.807) is 0 Å². The number of nitrogens with one attached hydrogen (secondary N) is 1. The number of rotatable bonds is 7. The molecule has 2 rings (SSSR count). The van der Waals surface area contributed by atoms with E-state index in [-0.39, 0.29) is 29.9 Å². The van der Waals surface area contributed by atoms with Crippen LogP contribution in [0, 0.1) is 28.6 Å². The van der Waals surface area contributed by atoms with Crippen molar-refractivity contribution in [3.05, 3.63) is 0 Å². The normalized spacial score (nSPS) is 27.7. The van der Waals surface area contributed by atoms with Gasteiger partial charge in [0.1, 0.15) is 5.54 Å². The molecule has 1 unspecified atom stereocenters. The molecule has 6 heteroatoms. The Morgan fingerprint density at radius 2 is 1.96 bits per heavy atom. The van der Waals surface area contributed by atoms with Crippen molar-refractivity contribution in [3.8, 4) is 6.07 Å². The lowest BCUT2D eigenvalue weighted by molar-refractivity contribution is -0.134. The topological polar surface area (TPSA) is 76.4 Å². The largest absolute Gasteiger partial charge is 0.326 e. The summed E-state index contributed by atoms with van der Waals surface area (Å²) in [5.74, 6) is 0.384. The van der Waals surface area contributed by atoms with Crippen LogP contribution in [0.3, 0.4) is 0 Å². The van der Waals surface area contributed by atoms with Crippen molar-refractivity contribution in [1.29, 1.82) is 5.26 Å². The van der Waals surface area contributed by atoms with E-state index in [9.17, 15) is 9.59 Å². The summed E-state index contributed by atoms with van der Waals surface area (Å²) in [6.07, 6.45) is 4.53. The Kier molecular flexibility index (Phi) is 6.33. The zero-order valence-electron chi connectivity index (χ0n) is 17.0. The maximum absolute atomic E-state index is 13.1. The zero-order chi connectivity index (χ0) is 19.5. The molecule has 1 spiro atoms. The molecular formula is C20H34N4O2. The van der Waals surface area contributed by atoms with Gasteiger partial charge in [-0.05, 0) is 50.5 Å². The first kappa shape index (κ1) is 20.7. The second-order valence-electron chi connectivity index (χ2n) is 8.70. The van der Waals surface area contributed by atoms with Gasteiger partial charge in [0.15, 0.2) is 0 Å². The second-order valence-corrected chi connectivity index (χ2v) is 8.70. The van der Waals surface area contributed by atoms with Gasteiger partial charge in [-0.3, -0.25) is 9.69 Å². The Morgan fingerprint density at radius 3 is 2.46 bits per heavy atom. The molecule has 2 aliphatic rings. The van der Waals surface area contributed by atoms with Crippen LogP contribution in [0.15, 0.2) is 0 Å². The minimum atomic E-state index is -0.711. The quantitative estimate of drug-likeness (QED) is 0.705. The highest BCUT2D eigenvalue weighted by Gasteiger charge is 2.53. The maximum Gasteiger partial charge on any atom is 0.326 e. The van der Waals surface area contributed by atoms with Gasteiger partial charge in [-0.25, -0.2) is 9.69 Å². The molecule has 0 radical (unpaired) electrons. The molecule has 1 saturated carbocycles. The number of carbonyl (C=O) groups is 2. The summed E-state index contributed by atoms with van der Waals surface area (Å²) in [4.78, 5) is 28.9. The summed E-state index contributed by atoms with van der Waals surface area (Å²) in [5, 5.41) is 12.0. The van der Waals surface area contributed by atoms with Crippen molar-refractivity contribution >= 4 is 11.9 Å². The molecule has 2 fully saturated rings. The van der Waals surface area contributed by atoms with Crippen LogP contribution in [0.4, 0.5) is 4.79 Å². The van der Waals surface area contributed by atoms with Crippen LogP contribution in [0.1, 0.15) is 66.7 Å². The van der Waals surface area contributed by atoms with E-state index in [1.807, 2.05) is 18.7 Å². The molecule has 6 nitrogen and oxygen atoms in total. The lowest BCUT2D eigenvalue weighted by Gasteiger charge is -2.42. The van der Waals surface area contributed by atoms with E-state index in [0.29, 0.717) is 19.0 Å². The smallest absolute Gasteiger partial charge is 0.323 e. The van der Waals surface area contributed by atoms with Crippen molar-refractivity contribution in [2.45, 2.75) is 72.3 Å². The van der Waals surface area contributed by atoms with Crippen molar-refractivity contribution in [1.82, 2.24) is 15.1 Å². The van der Waals surface area contributed by atoms with Crippen molar-refractivity contribution < 1.29 is 9.59 Å². The SMILES string of the molecule is CCN(CC(C)C#N)CN1C(=O)NC2(CCC(C(C)(C)CC)CC2)C1=O. The number of amides is 3. The summed E-state index contributed by atoms with van der Waals surface area (Å²) in [7, 11) is 0. The van der Waals surface area contributed by atoms with Crippen LogP contribution in [0.2, 0.25) is 0 Å². The summed E-state index contributed by atoms with van der Waals surface area (Å²) < 4.78 is 0. The standard InChI is InChI=1S/C20H34N4O2/c1-6-19(4,5)16-8-10-20(11-9-16)17(25)24(18(26)22-20)14-23(7-2)13-15(3)12-21/h15-16H,6-11,13-14H2,1-5H3,(H,22,26). The number of hydrogen-bond donors (Lipinski definition) is 1. The molecule has 1 aliphatic heterocycles. The molecule has 0 aromatic heterocycles. The number of nitrogens with zero attached hydrogens (tertiary/aromatic N) is 3. The third-order valence-electron chi connectivity index (χ3n) is 6.64. The summed E-state index contributed by atoms with van der Waals surface area (Å²) in [5.41, 5.74) is -0.433. The van der Waals surface area contributed by atoms with Gasteiger partial charge in [-0.2, -0.15) is 5.26 Å². The molecule has 1 saturated heterocycles. The van der Waals surface area contributed by atoms with E-state index in [1.165, 1.54) is 4.90 Å². The average Bonchev–Trinajstić information content (AvgIpc) is 2.85. The van der Waals surface area contributed by atoms with Crippen molar-refractivity contribution in [2.75, 3.05) is 19.8 Å². The highest BCUT2D eigenvalue weighted by molar-refractivity contribution is 6.07. The van der Waals surface area contributed by atoms with Gasteiger partial charge in [0.2, 0.25) is 0 Å². The minimum absolute atomic E-state index is 0.0849. The first-order valence-corrected chi connectivity index (χ1v) is 9.95. The van der Waals surface area contributed by atoms with Gasteiger partial charge >= 0.3 is 6.03 Å². The Balaban J connectivity index is 2.04. The third kappa shape index (κ3) is 4.03. The van der Waals surface area contributed by atoms with E-state index in [4.69, 9.17) is 5.26 Å². The summed E-state index contributed by atoms with van der Waals surface area (Å²) in [6, 6.07) is 1.93. The molecular weight excluding hydrogens is 328 g/mol. The molecule has 1 aliphatic carbocycles. The molecule has 0 aromatic carbocycles. The van der Waals surface area contributed by atoms with Gasteiger partial charge in [0.05, 0.1) is 18.7 Å². The summed E-state index contributed by atoms with van der Waals surface area (Å²) >= 11 is 0. The predicted molar refractivity (Wildman–Crippen MR) is 101 cm³/mol. The Morgan fingerprint density at radius 1 is 1.35 bits per heavy atom. The minimum Gasteiger partial charge on any atom is -0.323 e. The lowest BCUT2D eigenvalue weighted by atomic mass is 9.65. The van der Waals surface area contributed by atoms with Crippen molar-refractivity contribution in [2.24, 2.45) is 17.3 Å². The second kappa shape index (κ2) is 7.96. The molecule has 3 amide bonds. The molecule has 0 aromatic rings. The van der Waals surface area contributed by atoms with E-state index < -0.39 is 5.54 Å². The van der Waals surface area contributed by atoms with Crippen LogP contribution in [-0.4, -0.2) is 47.0 Å². The lowest BCUT2D eigenvalue weighted by Crippen LogP contribution is -2.51. The van der Waals surface area contributed by atoms with E-state index in [2.05, 4.69) is 32.2 Å². The molecule has 0 bridgehead atoms. The van der Waals surface area contributed by atoms with Crippen molar-refractivity contribution in [3.63, 3.8) is 0 Å². The Bertz CT molecular complexity index is 573. The Hall–Kier alpha value is -1.61. The fraction of sp³-hybridized carbons (Fsp3) is 0.850. The molecule has 26 heavy (non-hydrogen) atoms. The van der Waals surface area contributed by atoms with Gasteiger partial charge in [-0.1, -0.05) is 34.1 Å². The van der Waals surface area contributed by atoms with E-state index >= 15 is 0 Å². The molecule has 146 valence electrons. The number of carbonyl (C=O) groups excluding carboxylic acids is 2. The fourth-order valence-electron chi connectivity index (χ4n) is 4.24. The number of urea groups is 1. The number of imide groups is 1. The maximum atomic E-state index is 13.1. The third-order valence-corrected chi connectivity index (χ3v) is 6.64. The first-order valence-electron chi connectivity index (χ1n) is 9.95. The highest BCUT2D eigenvalue weighted by atomic mass is 16.2. The van der Waals surface area contributed by atoms with E-state index in [0.717, 1.165) is 32.1 Å². The molecule has 1 atom stereocenters. The van der Waals surface area contributed by atoms with Crippen LogP contribution < -0.4 is 5.32 Å². The molecule has 1 heterocycles. The van der Waals surface area contributed by atoms with Gasteiger partial charge in [0, 0.05) is 6.54 Å². The van der Waals surface area contributed by atoms with Gasteiger partial charge in [0.25, 0.3) is 5.91 Å². The number of hydrogen-bond acceptors (Lipinski definition) is 4. The van der Waals surface area contributed by atoms with Crippen LogP contribution in [-0.2, 0) is 4.79 Å². The number of nitriles is 1.